The monoisotopic (exact) mass is 169 g/mol. The first-order chi connectivity index (χ1) is 5.71. The van der Waals surface area contributed by atoms with Crippen LogP contribution in [0.1, 0.15) is 27.2 Å². The van der Waals surface area contributed by atoms with Crippen LogP contribution in [0.4, 0.5) is 0 Å². The summed E-state index contributed by atoms with van der Waals surface area (Å²) in [4.78, 5) is 13.5. The summed E-state index contributed by atoms with van der Waals surface area (Å²) in [5.74, 6) is 0.211. The lowest BCUT2D eigenvalue weighted by Gasteiger charge is -2.22. The highest BCUT2D eigenvalue weighted by atomic mass is 16.2. The van der Waals surface area contributed by atoms with Gasteiger partial charge in [-0.3, -0.25) is 4.79 Å². The van der Waals surface area contributed by atoms with E-state index in [-0.39, 0.29) is 11.8 Å². The van der Waals surface area contributed by atoms with Crippen LogP contribution in [-0.2, 0) is 4.79 Å². The van der Waals surface area contributed by atoms with Gasteiger partial charge in [-0.2, -0.15) is 0 Å². The van der Waals surface area contributed by atoms with Crippen LogP contribution < -0.4 is 0 Å². The van der Waals surface area contributed by atoms with Gasteiger partial charge in [0.05, 0.1) is 5.92 Å². The SMILES string of the molecule is C=CC(CC)C(=O)N(CC)CC. The van der Waals surface area contributed by atoms with Crippen LogP contribution in [0.2, 0.25) is 0 Å². The van der Waals surface area contributed by atoms with Crippen molar-refractivity contribution in [3.8, 4) is 0 Å². The third-order valence-corrected chi connectivity index (χ3v) is 2.12. The van der Waals surface area contributed by atoms with Crippen molar-refractivity contribution < 1.29 is 4.79 Å². The van der Waals surface area contributed by atoms with Gasteiger partial charge in [0.2, 0.25) is 5.91 Å². The smallest absolute Gasteiger partial charge is 0.229 e. The molecule has 2 heteroatoms. The van der Waals surface area contributed by atoms with Gasteiger partial charge in [-0.05, 0) is 20.3 Å². The molecule has 1 amide bonds. The fraction of sp³-hybridized carbons (Fsp3) is 0.700. The summed E-state index contributed by atoms with van der Waals surface area (Å²) >= 11 is 0. The standard InChI is InChI=1S/C10H19NO/c1-5-9(6-2)10(12)11(7-3)8-4/h5,9H,1,6-8H2,2-4H3. The molecule has 0 aliphatic rings. The number of nitrogens with zero attached hydrogens (tertiary/aromatic N) is 1. The quantitative estimate of drug-likeness (QED) is 0.577. The Morgan fingerprint density at radius 2 is 1.92 bits per heavy atom. The maximum atomic E-state index is 11.6. The lowest BCUT2D eigenvalue weighted by atomic mass is 10.1. The van der Waals surface area contributed by atoms with Crippen molar-refractivity contribution >= 4 is 5.91 Å². The molecule has 0 aromatic carbocycles. The summed E-state index contributed by atoms with van der Waals surface area (Å²) < 4.78 is 0. The topological polar surface area (TPSA) is 20.3 Å². The third-order valence-electron chi connectivity index (χ3n) is 2.12. The Bertz CT molecular complexity index is 150. The van der Waals surface area contributed by atoms with E-state index < -0.39 is 0 Å². The average Bonchev–Trinajstić information content (AvgIpc) is 2.09. The molecule has 12 heavy (non-hydrogen) atoms. The average molecular weight is 169 g/mol. The lowest BCUT2D eigenvalue weighted by Crippen LogP contribution is -2.34. The molecule has 0 aliphatic heterocycles. The van der Waals surface area contributed by atoms with Gasteiger partial charge in [-0.15, -0.1) is 6.58 Å². The fourth-order valence-corrected chi connectivity index (χ4v) is 1.21. The Kier molecular flexibility index (Phi) is 5.43. The minimum atomic E-state index is 0.00454. The highest BCUT2D eigenvalue weighted by molar-refractivity contribution is 5.80. The predicted molar refractivity (Wildman–Crippen MR) is 51.9 cm³/mol. The van der Waals surface area contributed by atoms with Gasteiger partial charge in [0.25, 0.3) is 0 Å². The van der Waals surface area contributed by atoms with Gasteiger partial charge < -0.3 is 4.90 Å². The molecular formula is C10H19NO. The molecule has 0 rings (SSSR count). The third kappa shape index (κ3) is 2.68. The summed E-state index contributed by atoms with van der Waals surface area (Å²) in [6, 6.07) is 0. The molecule has 0 heterocycles. The first kappa shape index (κ1) is 11.2. The highest BCUT2D eigenvalue weighted by Crippen LogP contribution is 2.08. The van der Waals surface area contributed by atoms with Gasteiger partial charge in [0, 0.05) is 13.1 Å². The molecule has 70 valence electrons. The van der Waals surface area contributed by atoms with Crippen molar-refractivity contribution in [2.24, 2.45) is 5.92 Å². The van der Waals surface area contributed by atoms with Crippen molar-refractivity contribution in [3.05, 3.63) is 12.7 Å². The number of amides is 1. The van der Waals surface area contributed by atoms with Crippen LogP contribution in [0, 0.1) is 5.92 Å². The Hall–Kier alpha value is -0.790. The summed E-state index contributed by atoms with van der Waals surface area (Å²) in [5, 5.41) is 0. The van der Waals surface area contributed by atoms with E-state index in [9.17, 15) is 4.79 Å². The molecule has 0 saturated heterocycles. The van der Waals surface area contributed by atoms with E-state index in [1.165, 1.54) is 0 Å². The molecule has 0 bridgehead atoms. The summed E-state index contributed by atoms with van der Waals surface area (Å²) in [7, 11) is 0. The molecule has 0 aromatic heterocycles. The van der Waals surface area contributed by atoms with Crippen molar-refractivity contribution in [2.75, 3.05) is 13.1 Å². The van der Waals surface area contributed by atoms with Gasteiger partial charge in [-0.25, -0.2) is 0 Å². The van der Waals surface area contributed by atoms with Crippen molar-refractivity contribution in [1.29, 1.82) is 0 Å². The maximum absolute atomic E-state index is 11.6. The molecule has 2 nitrogen and oxygen atoms in total. The first-order valence-corrected chi connectivity index (χ1v) is 4.62. The minimum absolute atomic E-state index is 0.00454. The van der Waals surface area contributed by atoms with E-state index >= 15 is 0 Å². The van der Waals surface area contributed by atoms with Crippen LogP contribution in [0.5, 0.6) is 0 Å². The molecule has 0 aliphatic carbocycles. The first-order valence-electron chi connectivity index (χ1n) is 4.62. The molecule has 0 radical (unpaired) electrons. The Balaban J connectivity index is 4.22. The Morgan fingerprint density at radius 1 is 1.42 bits per heavy atom. The summed E-state index contributed by atoms with van der Waals surface area (Å²) in [6.45, 7) is 11.2. The van der Waals surface area contributed by atoms with E-state index in [1.54, 1.807) is 6.08 Å². The summed E-state index contributed by atoms with van der Waals surface area (Å²) in [5.41, 5.74) is 0. The lowest BCUT2D eigenvalue weighted by molar-refractivity contribution is -0.133. The van der Waals surface area contributed by atoms with Crippen LogP contribution in [0.3, 0.4) is 0 Å². The number of carbonyl (C=O) groups excluding carboxylic acids is 1. The molecule has 0 saturated carbocycles. The maximum Gasteiger partial charge on any atom is 0.229 e. The van der Waals surface area contributed by atoms with E-state index in [0.717, 1.165) is 19.5 Å². The fourth-order valence-electron chi connectivity index (χ4n) is 1.21. The van der Waals surface area contributed by atoms with Crippen LogP contribution in [0.25, 0.3) is 0 Å². The normalized spacial score (nSPS) is 12.2. The number of hydrogen-bond donors (Lipinski definition) is 0. The van der Waals surface area contributed by atoms with Crippen molar-refractivity contribution in [3.63, 3.8) is 0 Å². The second-order valence-electron chi connectivity index (χ2n) is 2.76. The van der Waals surface area contributed by atoms with Crippen LogP contribution in [-0.4, -0.2) is 23.9 Å². The predicted octanol–water partition coefficient (Wildman–Crippen LogP) is 2.07. The molecule has 0 fully saturated rings. The van der Waals surface area contributed by atoms with Crippen LogP contribution in [0.15, 0.2) is 12.7 Å². The second-order valence-corrected chi connectivity index (χ2v) is 2.76. The Morgan fingerprint density at radius 3 is 2.17 bits per heavy atom. The van der Waals surface area contributed by atoms with E-state index in [2.05, 4.69) is 6.58 Å². The van der Waals surface area contributed by atoms with E-state index in [0.29, 0.717) is 0 Å². The molecular weight excluding hydrogens is 150 g/mol. The minimum Gasteiger partial charge on any atom is -0.343 e. The van der Waals surface area contributed by atoms with Crippen LogP contribution >= 0.6 is 0 Å². The van der Waals surface area contributed by atoms with Gasteiger partial charge in [0.1, 0.15) is 0 Å². The molecule has 0 aromatic rings. The number of carbonyl (C=O) groups is 1. The second kappa shape index (κ2) is 5.81. The summed E-state index contributed by atoms with van der Waals surface area (Å²) in [6.07, 6.45) is 2.58. The van der Waals surface area contributed by atoms with Crippen molar-refractivity contribution in [1.82, 2.24) is 4.90 Å². The Labute approximate surface area is 75.3 Å². The van der Waals surface area contributed by atoms with E-state index in [4.69, 9.17) is 0 Å². The molecule has 0 spiro atoms. The molecule has 0 N–H and O–H groups in total. The largest absolute Gasteiger partial charge is 0.343 e. The zero-order chi connectivity index (χ0) is 9.56. The highest BCUT2D eigenvalue weighted by Gasteiger charge is 2.16. The van der Waals surface area contributed by atoms with E-state index in [1.807, 2.05) is 25.7 Å². The zero-order valence-electron chi connectivity index (χ0n) is 8.34. The zero-order valence-corrected chi connectivity index (χ0v) is 8.34. The van der Waals surface area contributed by atoms with Gasteiger partial charge >= 0.3 is 0 Å². The molecule has 1 unspecified atom stereocenters. The van der Waals surface area contributed by atoms with Crippen molar-refractivity contribution in [2.45, 2.75) is 27.2 Å². The number of hydrogen-bond acceptors (Lipinski definition) is 1. The van der Waals surface area contributed by atoms with Gasteiger partial charge in [-0.1, -0.05) is 13.0 Å². The molecule has 1 atom stereocenters. The number of rotatable bonds is 5. The van der Waals surface area contributed by atoms with Gasteiger partial charge in [0.15, 0.2) is 0 Å².